The quantitative estimate of drug-likeness (QED) is 0.814. The lowest BCUT2D eigenvalue weighted by atomic mass is 10.1. The number of nitrogens with zero attached hydrogens (tertiary/aromatic N) is 2. The standard InChI is InChI=1S/C12H13N3/c1-3-9(2)15-12-5-4-10(7-13)11(6-12)8-14/h4-6,9,15H,3H2,1-2H3. The van der Waals surface area contributed by atoms with Crippen molar-refractivity contribution in [1.82, 2.24) is 0 Å². The summed E-state index contributed by atoms with van der Waals surface area (Å²) in [7, 11) is 0. The van der Waals surface area contributed by atoms with Crippen molar-refractivity contribution in [3.63, 3.8) is 0 Å². The molecule has 0 spiro atoms. The number of hydrogen-bond donors (Lipinski definition) is 1. The van der Waals surface area contributed by atoms with Crippen LogP contribution in [0.25, 0.3) is 0 Å². The number of benzene rings is 1. The van der Waals surface area contributed by atoms with Gasteiger partial charge in [-0.3, -0.25) is 0 Å². The molecule has 0 aliphatic carbocycles. The molecule has 1 N–H and O–H groups in total. The van der Waals surface area contributed by atoms with Gasteiger partial charge in [0.1, 0.15) is 12.1 Å². The Balaban J connectivity index is 2.96. The molecule has 1 aromatic carbocycles. The molecule has 0 saturated carbocycles. The fraction of sp³-hybridized carbons (Fsp3) is 0.333. The normalized spacial score (nSPS) is 11.2. The van der Waals surface area contributed by atoms with Gasteiger partial charge in [0.05, 0.1) is 11.1 Å². The van der Waals surface area contributed by atoms with E-state index in [1.54, 1.807) is 12.1 Å². The highest BCUT2D eigenvalue weighted by Gasteiger charge is 2.04. The van der Waals surface area contributed by atoms with Crippen LogP contribution < -0.4 is 5.32 Å². The van der Waals surface area contributed by atoms with E-state index < -0.39 is 0 Å². The summed E-state index contributed by atoms with van der Waals surface area (Å²) < 4.78 is 0. The van der Waals surface area contributed by atoms with Crippen molar-refractivity contribution < 1.29 is 0 Å². The molecule has 1 unspecified atom stereocenters. The van der Waals surface area contributed by atoms with E-state index >= 15 is 0 Å². The zero-order valence-electron chi connectivity index (χ0n) is 8.91. The van der Waals surface area contributed by atoms with Crippen LogP contribution in [0.3, 0.4) is 0 Å². The van der Waals surface area contributed by atoms with Crippen molar-refractivity contribution in [1.29, 1.82) is 10.5 Å². The molecule has 0 bridgehead atoms. The van der Waals surface area contributed by atoms with Gasteiger partial charge in [0.25, 0.3) is 0 Å². The molecule has 0 aliphatic rings. The SMILES string of the molecule is CCC(C)Nc1ccc(C#N)c(C#N)c1. The first-order valence-electron chi connectivity index (χ1n) is 4.92. The third-order valence-electron chi connectivity index (χ3n) is 2.29. The van der Waals surface area contributed by atoms with Crippen LogP contribution in [-0.4, -0.2) is 6.04 Å². The van der Waals surface area contributed by atoms with Gasteiger partial charge < -0.3 is 5.32 Å². The monoisotopic (exact) mass is 199 g/mol. The Morgan fingerprint density at radius 1 is 1.27 bits per heavy atom. The van der Waals surface area contributed by atoms with Crippen LogP contribution in [0.2, 0.25) is 0 Å². The molecule has 0 saturated heterocycles. The summed E-state index contributed by atoms with van der Waals surface area (Å²) in [5.74, 6) is 0. The Labute approximate surface area is 90.0 Å². The molecular formula is C12H13N3. The molecule has 0 fully saturated rings. The van der Waals surface area contributed by atoms with Gasteiger partial charge in [0.2, 0.25) is 0 Å². The molecule has 0 radical (unpaired) electrons. The Hall–Kier alpha value is -2.00. The predicted octanol–water partition coefficient (Wildman–Crippen LogP) is 2.64. The zero-order valence-corrected chi connectivity index (χ0v) is 8.91. The molecule has 1 atom stereocenters. The topological polar surface area (TPSA) is 59.6 Å². The summed E-state index contributed by atoms with van der Waals surface area (Å²) in [6, 6.07) is 9.58. The summed E-state index contributed by atoms with van der Waals surface area (Å²) in [6.07, 6.45) is 1.02. The first-order chi connectivity index (χ1) is 7.21. The van der Waals surface area contributed by atoms with Crippen LogP contribution >= 0.6 is 0 Å². The zero-order chi connectivity index (χ0) is 11.3. The second-order valence-corrected chi connectivity index (χ2v) is 3.44. The molecule has 0 amide bonds. The van der Waals surface area contributed by atoms with Crippen molar-refractivity contribution in [3.8, 4) is 12.1 Å². The van der Waals surface area contributed by atoms with Crippen LogP contribution in [0, 0.1) is 22.7 Å². The summed E-state index contributed by atoms with van der Waals surface area (Å²) >= 11 is 0. The molecule has 1 rings (SSSR count). The molecule has 0 heterocycles. The van der Waals surface area contributed by atoms with Gasteiger partial charge in [-0.05, 0) is 31.5 Å². The van der Waals surface area contributed by atoms with Crippen molar-refractivity contribution >= 4 is 5.69 Å². The van der Waals surface area contributed by atoms with Gasteiger partial charge in [-0.1, -0.05) is 6.92 Å². The van der Waals surface area contributed by atoms with Gasteiger partial charge in [-0.25, -0.2) is 0 Å². The van der Waals surface area contributed by atoms with Crippen molar-refractivity contribution in [2.75, 3.05) is 5.32 Å². The Kier molecular flexibility index (Phi) is 3.71. The minimum atomic E-state index is 0.365. The highest BCUT2D eigenvalue weighted by Crippen LogP contribution is 2.15. The predicted molar refractivity (Wildman–Crippen MR) is 59.2 cm³/mol. The van der Waals surface area contributed by atoms with Crippen molar-refractivity contribution in [2.24, 2.45) is 0 Å². The summed E-state index contributed by atoms with van der Waals surface area (Å²) in [4.78, 5) is 0. The highest BCUT2D eigenvalue weighted by molar-refractivity contribution is 5.56. The Morgan fingerprint density at radius 2 is 1.93 bits per heavy atom. The smallest absolute Gasteiger partial charge is 0.101 e. The Morgan fingerprint density at radius 3 is 2.47 bits per heavy atom. The van der Waals surface area contributed by atoms with Gasteiger partial charge >= 0.3 is 0 Å². The molecule has 0 aromatic heterocycles. The number of nitrogens with one attached hydrogen (secondary N) is 1. The summed E-state index contributed by atoms with van der Waals surface area (Å²) in [6.45, 7) is 4.16. The number of hydrogen-bond acceptors (Lipinski definition) is 3. The van der Waals surface area contributed by atoms with Gasteiger partial charge in [0, 0.05) is 11.7 Å². The molecule has 15 heavy (non-hydrogen) atoms. The van der Waals surface area contributed by atoms with Crippen molar-refractivity contribution in [3.05, 3.63) is 29.3 Å². The maximum atomic E-state index is 8.84. The molecule has 1 aromatic rings. The first kappa shape index (κ1) is 11.1. The minimum absolute atomic E-state index is 0.365. The average molecular weight is 199 g/mol. The summed E-state index contributed by atoms with van der Waals surface area (Å²) in [5, 5.41) is 20.8. The molecule has 0 aliphatic heterocycles. The maximum Gasteiger partial charge on any atom is 0.101 e. The lowest BCUT2D eigenvalue weighted by Gasteiger charge is -2.13. The molecule has 3 nitrogen and oxygen atoms in total. The third kappa shape index (κ3) is 2.72. The van der Waals surface area contributed by atoms with E-state index in [9.17, 15) is 0 Å². The van der Waals surface area contributed by atoms with Crippen molar-refractivity contribution in [2.45, 2.75) is 26.3 Å². The van der Waals surface area contributed by atoms with E-state index in [-0.39, 0.29) is 0 Å². The van der Waals surface area contributed by atoms with Gasteiger partial charge in [0.15, 0.2) is 0 Å². The van der Waals surface area contributed by atoms with E-state index in [1.165, 1.54) is 0 Å². The number of nitriles is 2. The summed E-state index contributed by atoms with van der Waals surface area (Å²) in [5.41, 5.74) is 1.73. The van der Waals surface area contributed by atoms with E-state index in [4.69, 9.17) is 10.5 Å². The lowest BCUT2D eigenvalue weighted by molar-refractivity contribution is 0.764. The van der Waals surface area contributed by atoms with Crippen LogP contribution in [-0.2, 0) is 0 Å². The second kappa shape index (κ2) is 5.02. The number of anilines is 1. The highest BCUT2D eigenvalue weighted by atomic mass is 14.9. The van der Waals surface area contributed by atoms with Gasteiger partial charge in [-0.2, -0.15) is 10.5 Å². The van der Waals surface area contributed by atoms with E-state index in [2.05, 4.69) is 19.2 Å². The fourth-order valence-corrected chi connectivity index (χ4v) is 1.21. The first-order valence-corrected chi connectivity index (χ1v) is 4.92. The van der Waals surface area contributed by atoms with Gasteiger partial charge in [-0.15, -0.1) is 0 Å². The average Bonchev–Trinajstić information content (AvgIpc) is 2.28. The maximum absolute atomic E-state index is 8.84. The molecular weight excluding hydrogens is 186 g/mol. The van der Waals surface area contributed by atoms with Crippen LogP contribution in [0.1, 0.15) is 31.4 Å². The third-order valence-corrected chi connectivity index (χ3v) is 2.29. The molecule has 3 heteroatoms. The molecule has 76 valence electrons. The second-order valence-electron chi connectivity index (χ2n) is 3.44. The fourth-order valence-electron chi connectivity index (χ4n) is 1.21. The Bertz CT molecular complexity index is 423. The largest absolute Gasteiger partial charge is 0.383 e. The van der Waals surface area contributed by atoms with Crippen LogP contribution in [0.15, 0.2) is 18.2 Å². The minimum Gasteiger partial charge on any atom is -0.383 e. The lowest BCUT2D eigenvalue weighted by Crippen LogP contribution is -2.13. The van der Waals surface area contributed by atoms with Crippen LogP contribution in [0.5, 0.6) is 0 Å². The number of rotatable bonds is 3. The van der Waals surface area contributed by atoms with E-state index in [0.29, 0.717) is 17.2 Å². The van der Waals surface area contributed by atoms with Crippen LogP contribution in [0.4, 0.5) is 5.69 Å². The van der Waals surface area contributed by atoms with E-state index in [0.717, 1.165) is 12.1 Å². The van der Waals surface area contributed by atoms with E-state index in [1.807, 2.05) is 18.2 Å².